The van der Waals surface area contributed by atoms with Gasteiger partial charge in [0, 0.05) is 5.75 Å². The van der Waals surface area contributed by atoms with Crippen molar-refractivity contribution in [3.8, 4) is 0 Å². The second-order valence-electron chi connectivity index (χ2n) is 3.82. The molecule has 0 aromatic heterocycles. The molecule has 1 aromatic rings. The molecule has 1 heterocycles. The van der Waals surface area contributed by atoms with Crippen molar-refractivity contribution in [3.05, 3.63) is 33.8 Å². The van der Waals surface area contributed by atoms with Crippen molar-refractivity contribution >= 4 is 35.0 Å². The van der Waals surface area contributed by atoms with Gasteiger partial charge < -0.3 is 5.11 Å². The fourth-order valence-corrected chi connectivity index (χ4v) is 3.36. The van der Waals surface area contributed by atoms with Crippen LogP contribution >= 0.6 is 35.0 Å². The number of hydrogen-bond donors (Lipinski definition) is 1. The Morgan fingerprint density at radius 3 is 2.67 bits per heavy atom. The molecule has 4 heteroatoms. The zero-order chi connectivity index (χ0) is 10.8. The lowest BCUT2D eigenvalue weighted by molar-refractivity contribution is 0.150. The quantitative estimate of drug-likeness (QED) is 0.883. The number of benzene rings is 1. The molecule has 15 heavy (non-hydrogen) atoms. The molecule has 1 nitrogen and oxygen atoms in total. The predicted octanol–water partition coefficient (Wildman–Crippen LogP) is 3.26. The Morgan fingerprint density at radius 2 is 2.07 bits per heavy atom. The predicted molar refractivity (Wildman–Crippen MR) is 67.0 cm³/mol. The summed E-state index contributed by atoms with van der Waals surface area (Å²) in [4.78, 5) is 0. The molecule has 1 saturated heterocycles. The summed E-state index contributed by atoms with van der Waals surface area (Å²) >= 11 is 13.6. The van der Waals surface area contributed by atoms with Crippen LogP contribution in [0.4, 0.5) is 0 Å². The molecule has 1 aliphatic heterocycles. The summed E-state index contributed by atoms with van der Waals surface area (Å²) in [7, 11) is 0. The van der Waals surface area contributed by atoms with E-state index in [9.17, 15) is 5.11 Å². The van der Waals surface area contributed by atoms with Crippen LogP contribution in [0.15, 0.2) is 18.2 Å². The highest BCUT2D eigenvalue weighted by Crippen LogP contribution is 2.29. The number of aliphatic hydroxyl groups is 1. The Bertz CT molecular complexity index is 356. The molecule has 0 amide bonds. The van der Waals surface area contributed by atoms with Crippen molar-refractivity contribution in [2.45, 2.75) is 12.5 Å². The molecule has 2 atom stereocenters. The van der Waals surface area contributed by atoms with Crippen molar-refractivity contribution in [3.63, 3.8) is 0 Å². The smallest absolute Gasteiger partial charge is 0.0669 e. The van der Waals surface area contributed by atoms with Gasteiger partial charge in [0.15, 0.2) is 0 Å². The summed E-state index contributed by atoms with van der Waals surface area (Å²) in [5.74, 6) is 2.24. The van der Waals surface area contributed by atoms with Gasteiger partial charge in [0.1, 0.15) is 0 Å². The normalized spacial score (nSPS) is 25.8. The fourth-order valence-electron chi connectivity index (χ4n) is 1.75. The molecule has 2 unspecified atom stereocenters. The minimum absolute atomic E-state index is 0.176. The maximum absolute atomic E-state index is 9.69. The van der Waals surface area contributed by atoms with Crippen molar-refractivity contribution in [2.24, 2.45) is 5.92 Å². The molecule has 0 aliphatic carbocycles. The maximum Gasteiger partial charge on any atom is 0.0669 e. The van der Waals surface area contributed by atoms with Crippen LogP contribution in [0.25, 0.3) is 0 Å². The molecular weight excluding hydrogens is 251 g/mol. The van der Waals surface area contributed by atoms with E-state index >= 15 is 0 Å². The molecule has 2 rings (SSSR count). The highest BCUT2D eigenvalue weighted by atomic mass is 35.5. The number of halogens is 2. The summed E-state index contributed by atoms with van der Waals surface area (Å²) in [6.45, 7) is 0. The van der Waals surface area contributed by atoms with Gasteiger partial charge in [-0.25, -0.2) is 0 Å². The molecule has 82 valence electrons. The van der Waals surface area contributed by atoms with E-state index in [1.807, 2.05) is 30.0 Å². The highest BCUT2D eigenvalue weighted by molar-refractivity contribution is 7.99. The van der Waals surface area contributed by atoms with Crippen LogP contribution in [-0.2, 0) is 6.42 Å². The first kappa shape index (κ1) is 11.6. The van der Waals surface area contributed by atoms with E-state index in [2.05, 4.69) is 0 Å². The first-order valence-corrected chi connectivity index (χ1v) is 6.77. The van der Waals surface area contributed by atoms with Crippen molar-refractivity contribution in [2.75, 3.05) is 11.5 Å². The second-order valence-corrected chi connectivity index (χ2v) is 5.71. The fraction of sp³-hybridized carbons (Fsp3) is 0.455. The largest absolute Gasteiger partial charge is 0.392 e. The molecule has 0 radical (unpaired) electrons. The average Bonchev–Trinajstić information content (AvgIpc) is 2.59. The molecule has 0 bridgehead atoms. The highest BCUT2D eigenvalue weighted by Gasteiger charge is 2.25. The molecule has 1 aliphatic rings. The van der Waals surface area contributed by atoms with E-state index in [-0.39, 0.29) is 6.10 Å². The van der Waals surface area contributed by atoms with Crippen LogP contribution in [0, 0.1) is 5.92 Å². The molecule has 1 aromatic carbocycles. The molecular formula is C11H12Cl2OS. The lowest BCUT2D eigenvalue weighted by Gasteiger charge is -2.13. The van der Waals surface area contributed by atoms with Crippen LogP contribution in [0.3, 0.4) is 0 Å². The Balaban J connectivity index is 2.07. The van der Waals surface area contributed by atoms with Crippen LogP contribution in [0.5, 0.6) is 0 Å². The average molecular weight is 263 g/mol. The Hall–Kier alpha value is 0.110. The topological polar surface area (TPSA) is 20.2 Å². The van der Waals surface area contributed by atoms with E-state index < -0.39 is 0 Å². The van der Waals surface area contributed by atoms with Gasteiger partial charge in [0.05, 0.1) is 16.1 Å². The Labute approximate surface area is 104 Å². The minimum atomic E-state index is -0.176. The molecule has 0 spiro atoms. The van der Waals surface area contributed by atoms with Gasteiger partial charge in [-0.2, -0.15) is 11.8 Å². The standard InChI is InChI=1S/C11H12Cl2OS/c12-9-2-1-7(4-10(9)13)3-8-5-15-6-11(8)14/h1-2,4,8,11,14H,3,5-6H2. The first-order valence-electron chi connectivity index (χ1n) is 4.86. The lowest BCUT2D eigenvalue weighted by atomic mass is 9.97. The summed E-state index contributed by atoms with van der Waals surface area (Å²) in [5, 5.41) is 10.9. The number of rotatable bonds is 2. The summed E-state index contributed by atoms with van der Waals surface area (Å²) in [6.07, 6.45) is 0.704. The third-order valence-corrected chi connectivity index (χ3v) is 4.63. The van der Waals surface area contributed by atoms with Gasteiger partial charge in [0.25, 0.3) is 0 Å². The van der Waals surface area contributed by atoms with Gasteiger partial charge in [-0.3, -0.25) is 0 Å². The molecule has 1 N–H and O–H groups in total. The van der Waals surface area contributed by atoms with Crippen molar-refractivity contribution in [1.82, 2.24) is 0 Å². The number of aliphatic hydroxyl groups excluding tert-OH is 1. The Morgan fingerprint density at radius 1 is 1.27 bits per heavy atom. The van der Waals surface area contributed by atoms with Gasteiger partial charge in [-0.05, 0) is 35.8 Å². The van der Waals surface area contributed by atoms with E-state index in [1.54, 1.807) is 0 Å². The zero-order valence-electron chi connectivity index (χ0n) is 8.12. The van der Waals surface area contributed by atoms with Crippen LogP contribution in [0.2, 0.25) is 10.0 Å². The van der Waals surface area contributed by atoms with Crippen molar-refractivity contribution < 1.29 is 5.11 Å². The summed E-state index contributed by atoms with van der Waals surface area (Å²) in [5.41, 5.74) is 1.15. The lowest BCUT2D eigenvalue weighted by Crippen LogP contribution is -2.19. The van der Waals surface area contributed by atoms with E-state index in [0.29, 0.717) is 16.0 Å². The summed E-state index contributed by atoms with van der Waals surface area (Å²) < 4.78 is 0. The third kappa shape index (κ3) is 2.82. The van der Waals surface area contributed by atoms with Gasteiger partial charge in [0.2, 0.25) is 0 Å². The minimum Gasteiger partial charge on any atom is -0.392 e. The molecule has 0 saturated carbocycles. The zero-order valence-corrected chi connectivity index (χ0v) is 10.4. The third-order valence-electron chi connectivity index (χ3n) is 2.65. The van der Waals surface area contributed by atoms with Gasteiger partial charge in [-0.1, -0.05) is 29.3 Å². The van der Waals surface area contributed by atoms with Gasteiger partial charge >= 0.3 is 0 Å². The van der Waals surface area contributed by atoms with Crippen LogP contribution < -0.4 is 0 Å². The molecule has 1 fully saturated rings. The monoisotopic (exact) mass is 262 g/mol. The van der Waals surface area contributed by atoms with E-state index in [1.165, 1.54) is 0 Å². The maximum atomic E-state index is 9.69. The first-order chi connectivity index (χ1) is 7.16. The number of hydrogen-bond acceptors (Lipinski definition) is 2. The van der Waals surface area contributed by atoms with E-state index in [4.69, 9.17) is 23.2 Å². The Kier molecular flexibility index (Phi) is 3.83. The van der Waals surface area contributed by atoms with E-state index in [0.717, 1.165) is 23.5 Å². The van der Waals surface area contributed by atoms with Crippen molar-refractivity contribution in [1.29, 1.82) is 0 Å². The second kappa shape index (κ2) is 4.96. The van der Waals surface area contributed by atoms with Gasteiger partial charge in [-0.15, -0.1) is 0 Å². The SMILES string of the molecule is OC1CSCC1Cc1ccc(Cl)c(Cl)c1. The van der Waals surface area contributed by atoms with Crippen LogP contribution in [-0.4, -0.2) is 22.7 Å². The number of thioether (sulfide) groups is 1. The van der Waals surface area contributed by atoms with Crippen LogP contribution in [0.1, 0.15) is 5.56 Å². The summed E-state index contributed by atoms with van der Waals surface area (Å²) in [6, 6.07) is 5.68.